The van der Waals surface area contributed by atoms with Crippen molar-refractivity contribution >= 4 is 10.9 Å². The lowest BCUT2D eigenvalue weighted by atomic mass is 9.97. The standard InChI is InChI=1S/C15H17NO3/c1-15(2,17)12-8-10-13(18-3)9-6-4-5-7-11(9)16-14(10)19-12/h4-7,12,17H,8H2,1-3H3/t12-/m1/s1. The van der Waals surface area contributed by atoms with Gasteiger partial charge in [0.15, 0.2) is 0 Å². The smallest absolute Gasteiger partial charge is 0.221 e. The van der Waals surface area contributed by atoms with E-state index in [1.807, 2.05) is 24.3 Å². The van der Waals surface area contributed by atoms with Gasteiger partial charge in [0.1, 0.15) is 11.9 Å². The molecule has 0 saturated carbocycles. The van der Waals surface area contributed by atoms with E-state index in [1.165, 1.54) is 0 Å². The van der Waals surface area contributed by atoms with Crippen molar-refractivity contribution in [3.05, 3.63) is 29.8 Å². The van der Waals surface area contributed by atoms with Gasteiger partial charge in [-0.05, 0) is 26.0 Å². The van der Waals surface area contributed by atoms with Gasteiger partial charge >= 0.3 is 0 Å². The maximum absolute atomic E-state index is 10.1. The Morgan fingerprint density at radius 1 is 1.37 bits per heavy atom. The number of nitrogens with zero attached hydrogens (tertiary/aromatic N) is 1. The summed E-state index contributed by atoms with van der Waals surface area (Å²) in [7, 11) is 1.65. The molecule has 2 heterocycles. The van der Waals surface area contributed by atoms with Crippen LogP contribution in [0.15, 0.2) is 24.3 Å². The number of ether oxygens (including phenoxy) is 2. The Balaban J connectivity index is 2.17. The number of rotatable bonds is 2. The second kappa shape index (κ2) is 4.10. The van der Waals surface area contributed by atoms with Crippen molar-refractivity contribution in [1.82, 2.24) is 4.98 Å². The van der Waals surface area contributed by atoms with E-state index < -0.39 is 5.60 Å². The van der Waals surface area contributed by atoms with Crippen LogP contribution in [0.4, 0.5) is 0 Å². The molecule has 0 aliphatic carbocycles. The molecule has 19 heavy (non-hydrogen) atoms. The summed E-state index contributed by atoms with van der Waals surface area (Å²) in [6, 6.07) is 7.81. The van der Waals surface area contributed by atoms with Crippen molar-refractivity contribution in [2.75, 3.05) is 7.11 Å². The summed E-state index contributed by atoms with van der Waals surface area (Å²) in [5.41, 5.74) is 0.876. The van der Waals surface area contributed by atoms with Crippen LogP contribution in [-0.4, -0.2) is 28.9 Å². The molecule has 1 aliphatic heterocycles. The fraction of sp³-hybridized carbons (Fsp3) is 0.400. The van der Waals surface area contributed by atoms with Crippen LogP contribution in [0.1, 0.15) is 19.4 Å². The monoisotopic (exact) mass is 259 g/mol. The molecule has 1 aromatic heterocycles. The van der Waals surface area contributed by atoms with Crippen LogP contribution in [0, 0.1) is 0 Å². The fourth-order valence-electron chi connectivity index (χ4n) is 2.47. The molecular weight excluding hydrogens is 242 g/mol. The van der Waals surface area contributed by atoms with Gasteiger partial charge in [0.05, 0.1) is 23.8 Å². The van der Waals surface area contributed by atoms with Crippen molar-refractivity contribution in [3.8, 4) is 11.6 Å². The van der Waals surface area contributed by atoms with Gasteiger partial charge < -0.3 is 14.6 Å². The first-order chi connectivity index (χ1) is 9.00. The lowest BCUT2D eigenvalue weighted by molar-refractivity contribution is -0.0243. The van der Waals surface area contributed by atoms with Gasteiger partial charge in [0.25, 0.3) is 0 Å². The first kappa shape index (κ1) is 12.2. The van der Waals surface area contributed by atoms with E-state index in [9.17, 15) is 5.11 Å². The molecule has 1 atom stereocenters. The minimum atomic E-state index is -0.905. The molecule has 2 aromatic rings. The molecule has 1 N–H and O–H groups in total. The number of hydrogen-bond acceptors (Lipinski definition) is 4. The Bertz CT molecular complexity index is 631. The number of benzene rings is 1. The van der Waals surface area contributed by atoms with Crippen molar-refractivity contribution in [3.63, 3.8) is 0 Å². The van der Waals surface area contributed by atoms with E-state index in [-0.39, 0.29) is 6.10 Å². The Labute approximate surface area is 112 Å². The average molecular weight is 259 g/mol. The third-order valence-corrected chi connectivity index (χ3v) is 3.54. The minimum Gasteiger partial charge on any atom is -0.496 e. The molecule has 0 saturated heterocycles. The number of hydrogen-bond donors (Lipinski definition) is 1. The average Bonchev–Trinajstić information content (AvgIpc) is 2.79. The first-order valence-electron chi connectivity index (χ1n) is 6.35. The highest BCUT2D eigenvalue weighted by Crippen LogP contribution is 2.41. The van der Waals surface area contributed by atoms with Crippen LogP contribution < -0.4 is 9.47 Å². The molecule has 3 rings (SSSR count). The molecular formula is C15H17NO3. The maximum atomic E-state index is 10.1. The second-order valence-corrected chi connectivity index (χ2v) is 5.41. The highest BCUT2D eigenvalue weighted by Gasteiger charge is 2.37. The Kier molecular flexibility index (Phi) is 2.64. The summed E-state index contributed by atoms with van der Waals surface area (Å²) in [4.78, 5) is 4.51. The van der Waals surface area contributed by atoms with E-state index in [4.69, 9.17) is 9.47 Å². The summed E-state index contributed by atoms with van der Waals surface area (Å²) in [6.07, 6.45) is 0.320. The molecule has 0 spiro atoms. The lowest BCUT2D eigenvalue weighted by Gasteiger charge is -2.24. The third kappa shape index (κ3) is 1.92. The largest absolute Gasteiger partial charge is 0.496 e. The SMILES string of the molecule is COc1c2c(nc3ccccc13)O[C@@H](C(C)(C)O)C2. The highest BCUT2D eigenvalue weighted by atomic mass is 16.5. The van der Waals surface area contributed by atoms with E-state index in [2.05, 4.69) is 4.98 Å². The van der Waals surface area contributed by atoms with Gasteiger partial charge in [0.2, 0.25) is 5.88 Å². The second-order valence-electron chi connectivity index (χ2n) is 5.41. The summed E-state index contributed by atoms with van der Waals surface area (Å²) in [5, 5.41) is 11.1. The molecule has 0 bridgehead atoms. The van der Waals surface area contributed by atoms with Gasteiger partial charge in [-0.25, -0.2) is 4.98 Å². The molecule has 0 unspecified atom stereocenters. The van der Waals surface area contributed by atoms with Crippen LogP contribution in [0.5, 0.6) is 11.6 Å². The van der Waals surface area contributed by atoms with Gasteiger partial charge in [0, 0.05) is 11.8 Å². The zero-order valence-corrected chi connectivity index (χ0v) is 11.3. The van der Waals surface area contributed by atoms with Crippen molar-refractivity contribution in [2.45, 2.75) is 32.0 Å². The van der Waals surface area contributed by atoms with E-state index in [1.54, 1.807) is 21.0 Å². The number of pyridine rings is 1. The van der Waals surface area contributed by atoms with Crippen LogP contribution in [0.3, 0.4) is 0 Å². The van der Waals surface area contributed by atoms with Gasteiger partial charge in [-0.2, -0.15) is 0 Å². The summed E-state index contributed by atoms with van der Waals surface area (Å²) < 4.78 is 11.3. The van der Waals surface area contributed by atoms with Gasteiger partial charge in [-0.1, -0.05) is 12.1 Å². The molecule has 1 aliphatic rings. The summed E-state index contributed by atoms with van der Waals surface area (Å²) >= 11 is 0. The molecule has 1 aromatic carbocycles. The maximum Gasteiger partial charge on any atom is 0.221 e. The Hall–Kier alpha value is -1.81. The number of fused-ring (bicyclic) bond motifs is 2. The molecule has 0 radical (unpaired) electrons. The Morgan fingerprint density at radius 3 is 2.79 bits per heavy atom. The predicted molar refractivity (Wildman–Crippen MR) is 72.7 cm³/mol. The fourth-order valence-corrected chi connectivity index (χ4v) is 2.47. The van der Waals surface area contributed by atoms with Crippen molar-refractivity contribution in [2.24, 2.45) is 0 Å². The van der Waals surface area contributed by atoms with Gasteiger partial charge in [-0.15, -0.1) is 0 Å². The lowest BCUT2D eigenvalue weighted by Crippen LogP contribution is -2.39. The zero-order chi connectivity index (χ0) is 13.6. The number of aromatic nitrogens is 1. The normalized spacial score (nSPS) is 18.2. The number of aliphatic hydroxyl groups is 1. The van der Waals surface area contributed by atoms with Crippen LogP contribution in [0.2, 0.25) is 0 Å². The van der Waals surface area contributed by atoms with Crippen molar-refractivity contribution < 1.29 is 14.6 Å². The Morgan fingerprint density at radius 2 is 2.11 bits per heavy atom. The van der Waals surface area contributed by atoms with E-state index in [0.29, 0.717) is 12.3 Å². The molecule has 0 fully saturated rings. The quantitative estimate of drug-likeness (QED) is 0.899. The molecule has 4 nitrogen and oxygen atoms in total. The van der Waals surface area contributed by atoms with Crippen LogP contribution >= 0.6 is 0 Å². The van der Waals surface area contributed by atoms with E-state index in [0.717, 1.165) is 22.2 Å². The molecule has 0 amide bonds. The van der Waals surface area contributed by atoms with Gasteiger partial charge in [-0.3, -0.25) is 0 Å². The highest BCUT2D eigenvalue weighted by molar-refractivity contribution is 5.87. The third-order valence-electron chi connectivity index (χ3n) is 3.54. The number of para-hydroxylation sites is 1. The van der Waals surface area contributed by atoms with Crippen LogP contribution in [-0.2, 0) is 6.42 Å². The molecule has 100 valence electrons. The minimum absolute atomic E-state index is 0.291. The predicted octanol–water partition coefficient (Wildman–Crippen LogP) is 2.32. The summed E-state index contributed by atoms with van der Waals surface area (Å²) in [5.74, 6) is 1.37. The van der Waals surface area contributed by atoms with Crippen LogP contribution in [0.25, 0.3) is 10.9 Å². The van der Waals surface area contributed by atoms with Crippen molar-refractivity contribution in [1.29, 1.82) is 0 Å². The van der Waals surface area contributed by atoms with E-state index >= 15 is 0 Å². The summed E-state index contributed by atoms with van der Waals surface area (Å²) in [6.45, 7) is 3.49. The molecule has 4 heteroatoms. The number of methoxy groups -OCH3 is 1. The first-order valence-corrected chi connectivity index (χ1v) is 6.35. The topological polar surface area (TPSA) is 51.6 Å². The zero-order valence-electron chi connectivity index (χ0n) is 11.3.